The summed E-state index contributed by atoms with van der Waals surface area (Å²) in [5.74, 6) is 0.362. The van der Waals surface area contributed by atoms with Gasteiger partial charge >= 0.3 is 0 Å². The highest BCUT2D eigenvalue weighted by Crippen LogP contribution is 2.22. The first kappa shape index (κ1) is 15.7. The van der Waals surface area contributed by atoms with Crippen LogP contribution in [0.5, 0.6) is 0 Å². The van der Waals surface area contributed by atoms with Gasteiger partial charge in [0.25, 0.3) is 5.91 Å². The number of amides is 1. The number of ether oxygens (including phenoxy) is 1. The van der Waals surface area contributed by atoms with Crippen LogP contribution in [0.1, 0.15) is 43.4 Å². The zero-order chi connectivity index (χ0) is 14.5. The van der Waals surface area contributed by atoms with E-state index in [9.17, 15) is 9.90 Å². The van der Waals surface area contributed by atoms with Crippen molar-refractivity contribution in [1.82, 2.24) is 10.5 Å². The maximum absolute atomic E-state index is 11.8. The van der Waals surface area contributed by atoms with Gasteiger partial charge in [-0.3, -0.25) is 4.79 Å². The first-order chi connectivity index (χ1) is 8.84. The summed E-state index contributed by atoms with van der Waals surface area (Å²) < 4.78 is 9.93. The SMILES string of the molecule is COCC(O)CCNC(=O)c1cc(C(C)(C)C)on1. The Morgan fingerprint density at radius 2 is 2.26 bits per heavy atom. The number of rotatable bonds is 6. The molecule has 1 aromatic heterocycles. The van der Waals surface area contributed by atoms with E-state index in [1.165, 1.54) is 7.11 Å². The van der Waals surface area contributed by atoms with E-state index in [1.807, 2.05) is 20.8 Å². The van der Waals surface area contributed by atoms with E-state index in [1.54, 1.807) is 6.07 Å². The Morgan fingerprint density at radius 3 is 2.79 bits per heavy atom. The van der Waals surface area contributed by atoms with Gasteiger partial charge in [-0.25, -0.2) is 0 Å². The second-order valence-corrected chi connectivity index (χ2v) is 5.48. The third-order valence-corrected chi connectivity index (χ3v) is 2.60. The van der Waals surface area contributed by atoms with E-state index in [4.69, 9.17) is 9.26 Å². The Morgan fingerprint density at radius 1 is 1.58 bits per heavy atom. The van der Waals surface area contributed by atoms with Crippen molar-refractivity contribution in [3.63, 3.8) is 0 Å². The lowest BCUT2D eigenvalue weighted by Crippen LogP contribution is -2.28. The highest BCUT2D eigenvalue weighted by atomic mass is 16.5. The number of nitrogens with zero attached hydrogens (tertiary/aromatic N) is 1. The van der Waals surface area contributed by atoms with Crippen LogP contribution in [0, 0.1) is 0 Å². The summed E-state index contributed by atoms with van der Waals surface area (Å²) in [6.07, 6.45) is -0.142. The fourth-order valence-electron chi connectivity index (χ4n) is 1.45. The standard InChI is InChI=1S/C13H22N2O4/c1-13(2,3)11-7-10(15-19-11)12(17)14-6-5-9(16)8-18-4/h7,9,16H,5-6,8H2,1-4H3,(H,14,17). The minimum absolute atomic E-state index is 0.180. The van der Waals surface area contributed by atoms with Crippen LogP contribution in [0.25, 0.3) is 0 Å². The Bertz CT molecular complexity index is 409. The van der Waals surface area contributed by atoms with E-state index < -0.39 is 6.10 Å². The summed E-state index contributed by atoms with van der Waals surface area (Å²) in [5, 5.41) is 15.9. The maximum Gasteiger partial charge on any atom is 0.273 e. The highest BCUT2D eigenvalue weighted by molar-refractivity contribution is 5.92. The van der Waals surface area contributed by atoms with E-state index in [-0.39, 0.29) is 23.6 Å². The molecule has 0 fully saturated rings. The molecule has 2 N–H and O–H groups in total. The molecule has 1 unspecified atom stereocenters. The molecule has 0 saturated heterocycles. The fraction of sp³-hybridized carbons (Fsp3) is 0.692. The summed E-state index contributed by atoms with van der Waals surface area (Å²) in [5.41, 5.74) is 0.0753. The molecular weight excluding hydrogens is 248 g/mol. The van der Waals surface area contributed by atoms with E-state index in [0.29, 0.717) is 18.7 Å². The van der Waals surface area contributed by atoms with Crippen molar-refractivity contribution in [2.45, 2.75) is 38.7 Å². The summed E-state index contributed by atoms with van der Waals surface area (Å²) in [7, 11) is 1.52. The van der Waals surface area contributed by atoms with Gasteiger partial charge in [0.05, 0.1) is 12.7 Å². The van der Waals surface area contributed by atoms with Crippen LogP contribution < -0.4 is 5.32 Å². The summed E-state index contributed by atoms with van der Waals surface area (Å²) in [6.45, 7) is 6.57. The molecule has 6 heteroatoms. The molecule has 1 atom stereocenters. The number of aliphatic hydroxyl groups is 1. The monoisotopic (exact) mass is 270 g/mol. The number of aromatic nitrogens is 1. The zero-order valence-corrected chi connectivity index (χ0v) is 11.9. The molecule has 0 aliphatic rings. The minimum Gasteiger partial charge on any atom is -0.391 e. The summed E-state index contributed by atoms with van der Waals surface area (Å²) >= 11 is 0. The highest BCUT2D eigenvalue weighted by Gasteiger charge is 2.22. The smallest absolute Gasteiger partial charge is 0.273 e. The third kappa shape index (κ3) is 5.00. The number of hydrogen-bond acceptors (Lipinski definition) is 5. The molecule has 19 heavy (non-hydrogen) atoms. The average Bonchev–Trinajstić information content (AvgIpc) is 2.78. The predicted molar refractivity (Wildman–Crippen MR) is 70.0 cm³/mol. The number of carbonyl (C=O) groups excluding carboxylic acids is 1. The minimum atomic E-state index is -0.576. The Hall–Kier alpha value is -1.40. The fourth-order valence-corrected chi connectivity index (χ4v) is 1.45. The van der Waals surface area contributed by atoms with E-state index in [0.717, 1.165) is 0 Å². The van der Waals surface area contributed by atoms with Crippen LogP contribution in [0.2, 0.25) is 0 Å². The molecule has 0 bridgehead atoms. The normalized spacial score (nSPS) is 13.3. The van der Waals surface area contributed by atoms with Gasteiger partial charge in [0.15, 0.2) is 5.69 Å². The quantitative estimate of drug-likeness (QED) is 0.808. The Labute approximate surface area is 113 Å². The van der Waals surface area contributed by atoms with Crippen molar-refractivity contribution < 1.29 is 19.2 Å². The maximum atomic E-state index is 11.8. The van der Waals surface area contributed by atoms with Gasteiger partial charge in [0.1, 0.15) is 5.76 Å². The van der Waals surface area contributed by atoms with Crippen molar-refractivity contribution >= 4 is 5.91 Å². The molecule has 1 amide bonds. The van der Waals surface area contributed by atoms with Gasteiger partial charge < -0.3 is 19.7 Å². The third-order valence-electron chi connectivity index (χ3n) is 2.60. The lowest BCUT2D eigenvalue weighted by Gasteiger charge is -2.12. The molecular formula is C13H22N2O4. The van der Waals surface area contributed by atoms with Gasteiger partial charge in [-0.15, -0.1) is 0 Å². The lowest BCUT2D eigenvalue weighted by molar-refractivity contribution is 0.0587. The molecule has 1 aromatic rings. The molecule has 1 heterocycles. The van der Waals surface area contributed by atoms with Crippen LogP contribution >= 0.6 is 0 Å². The van der Waals surface area contributed by atoms with Crippen molar-refractivity contribution in [2.75, 3.05) is 20.3 Å². The Balaban J connectivity index is 2.44. The van der Waals surface area contributed by atoms with Crippen LogP contribution in [0.4, 0.5) is 0 Å². The van der Waals surface area contributed by atoms with Crippen LogP contribution in [-0.2, 0) is 10.2 Å². The van der Waals surface area contributed by atoms with Crippen molar-refractivity contribution in [3.8, 4) is 0 Å². The second kappa shape index (κ2) is 6.68. The molecule has 0 radical (unpaired) electrons. The molecule has 0 saturated carbocycles. The van der Waals surface area contributed by atoms with Crippen molar-refractivity contribution in [2.24, 2.45) is 0 Å². The molecule has 0 aliphatic heterocycles. The number of hydrogen-bond donors (Lipinski definition) is 2. The molecule has 1 rings (SSSR count). The van der Waals surface area contributed by atoms with E-state index in [2.05, 4.69) is 10.5 Å². The zero-order valence-electron chi connectivity index (χ0n) is 11.9. The molecule has 0 aromatic carbocycles. The van der Waals surface area contributed by atoms with Crippen molar-refractivity contribution in [3.05, 3.63) is 17.5 Å². The predicted octanol–water partition coefficient (Wildman–Crippen LogP) is 1.10. The summed E-state index contributed by atoms with van der Waals surface area (Å²) in [4.78, 5) is 11.8. The van der Waals surface area contributed by atoms with Crippen molar-refractivity contribution in [1.29, 1.82) is 0 Å². The van der Waals surface area contributed by atoms with Crippen LogP contribution in [-0.4, -0.2) is 42.5 Å². The molecule has 108 valence electrons. The molecule has 6 nitrogen and oxygen atoms in total. The second-order valence-electron chi connectivity index (χ2n) is 5.48. The van der Waals surface area contributed by atoms with Gasteiger partial charge in [0.2, 0.25) is 0 Å². The number of nitrogens with one attached hydrogen (secondary N) is 1. The average molecular weight is 270 g/mol. The lowest BCUT2D eigenvalue weighted by atomic mass is 9.93. The van der Waals surface area contributed by atoms with Gasteiger partial charge in [-0.05, 0) is 6.42 Å². The number of aliphatic hydroxyl groups excluding tert-OH is 1. The van der Waals surface area contributed by atoms with Gasteiger partial charge in [-0.1, -0.05) is 25.9 Å². The van der Waals surface area contributed by atoms with E-state index >= 15 is 0 Å². The first-order valence-electron chi connectivity index (χ1n) is 6.27. The van der Waals surface area contributed by atoms with Gasteiger partial charge in [0, 0.05) is 25.1 Å². The molecule has 0 aliphatic carbocycles. The van der Waals surface area contributed by atoms with Gasteiger partial charge in [-0.2, -0.15) is 0 Å². The first-order valence-corrected chi connectivity index (χ1v) is 6.27. The number of methoxy groups -OCH3 is 1. The topological polar surface area (TPSA) is 84.6 Å². The molecule has 0 spiro atoms. The number of carbonyl (C=O) groups is 1. The Kier molecular flexibility index (Phi) is 5.50. The van der Waals surface area contributed by atoms with Crippen LogP contribution in [0.15, 0.2) is 10.6 Å². The largest absolute Gasteiger partial charge is 0.391 e. The summed E-state index contributed by atoms with van der Waals surface area (Å²) in [6, 6.07) is 1.64. The van der Waals surface area contributed by atoms with Crippen LogP contribution in [0.3, 0.4) is 0 Å².